The number of fused-ring (bicyclic) bond motifs is 1. The number of aromatic nitrogens is 4. The number of nitrogens with zero attached hydrogens (tertiary/aromatic N) is 4. The molecule has 0 atom stereocenters. The zero-order valence-corrected chi connectivity index (χ0v) is 16.2. The van der Waals surface area contributed by atoms with Crippen LogP contribution in [0.5, 0.6) is 0 Å². The maximum Gasteiger partial charge on any atom is 0.256 e. The minimum Gasteiger partial charge on any atom is -0.381 e. The van der Waals surface area contributed by atoms with Gasteiger partial charge in [-0.15, -0.1) is 0 Å². The van der Waals surface area contributed by atoms with E-state index in [1.54, 1.807) is 36.5 Å². The third-order valence-corrected chi connectivity index (χ3v) is 4.47. The molecule has 31 heavy (non-hydrogen) atoms. The van der Waals surface area contributed by atoms with Crippen molar-refractivity contribution in [3.05, 3.63) is 77.7 Å². The van der Waals surface area contributed by atoms with E-state index in [2.05, 4.69) is 30.6 Å². The summed E-state index contributed by atoms with van der Waals surface area (Å²) in [7, 11) is 0. The summed E-state index contributed by atoms with van der Waals surface area (Å²) in [6.45, 7) is 0.467. The largest absolute Gasteiger partial charge is 0.381 e. The van der Waals surface area contributed by atoms with Crippen LogP contribution in [0.4, 0.5) is 17.5 Å². The first-order valence-corrected chi connectivity index (χ1v) is 9.27. The molecule has 0 spiro atoms. The van der Waals surface area contributed by atoms with Gasteiger partial charge in [-0.1, -0.05) is 12.1 Å². The number of anilines is 3. The molecular formula is C21H18N8O2. The first-order chi connectivity index (χ1) is 15.0. The van der Waals surface area contributed by atoms with E-state index in [-0.39, 0.29) is 17.5 Å². The van der Waals surface area contributed by atoms with Crippen molar-refractivity contribution in [3.8, 4) is 0 Å². The fourth-order valence-corrected chi connectivity index (χ4v) is 2.84. The molecule has 0 unspecified atom stereocenters. The van der Waals surface area contributed by atoms with Gasteiger partial charge in [-0.3, -0.25) is 14.6 Å². The van der Waals surface area contributed by atoms with Crippen LogP contribution in [0.25, 0.3) is 11.0 Å². The van der Waals surface area contributed by atoms with Gasteiger partial charge in [0.25, 0.3) is 5.91 Å². The third kappa shape index (κ3) is 4.53. The van der Waals surface area contributed by atoms with Crippen LogP contribution in [0.2, 0.25) is 0 Å². The first-order valence-electron chi connectivity index (χ1n) is 9.27. The SMILES string of the molecule is NC(=O)c1ccc2ncc(NCc3ccc(C(=O)Nc4nccnc4N)cc3)nc2c1. The minimum absolute atomic E-state index is 0.149. The van der Waals surface area contributed by atoms with Crippen LogP contribution in [0.15, 0.2) is 61.1 Å². The fraction of sp³-hybridized carbons (Fsp3) is 0.0476. The van der Waals surface area contributed by atoms with Gasteiger partial charge in [-0.05, 0) is 35.9 Å². The molecule has 2 heterocycles. The highest BCUT2D eigenvalue weighted by atomic mass is 16.2. The van der Waals surface area contributed by atoms with Crippen molar-refractivity contribution < 1.29 is 9.59 Å². The van der Waals surface area contributed by atoms with E-state index >= 15 is 0 Å². The lowest BCUT2D eigenvalue weighted by Gasteiger charge is -2.09. The quantitative estimate of drug-likeness (QED) is 0.372. The van der Waals surface area contributed by atoms with Crippen molar-refractivity contribution in [2.75, 3.05) is 16.4 Å². The van der Waals surface area contributed by atoms with Gasteiger partial charge in [0.15, 0.2) is 11.6 Å². The number of amides is 2. The standard InChI is InChI=1S/C21H18N8O2/c22-18-20(25-8-7-24-18)29-21(31)13-3-1-12(2-4-13)10-27-17-11-26-15-6-5-14(19(23)30)9-16(15)28-17/h1-9,11H,10H2,(H2,22,24)(H2,23,30)(H,27,28)(H,25,29,31). The number of hydrogen-bond donors (Lipinski definition) is 4. The van der Waals surface area contributed by atoms with E-state index < -0.39 is 5.91 Å². The molecule has 0 bridgehead atoms. The van der Waals surface area contributed by atoms with Crippen LogP contribution in [0.3, 0.4) is 0 Å². The number of primary amides is 1. The topological polar surface area (TPSA) is 162 Å². The number of nitrogens with two attached hydrogens (primary N) is 2. The molecule has 10 heteroatoms. The Kier molecular flexibility index (Phi) is 5.35. The second kappa shape index (κ2) is 8.41. The normalized spacial score (nSPS) is 10.6. The average Bonchev–Trinajstić information content (AvgIpc) is 2.79. The third-order valence-electron chi connectivity index (χ3n) is 4.47. The van der Waals surface area contributed by atoms with E-state index in [4.69, 9.17) is 11.5 Å². The number of rotatable bonds is 6. The van der Waals surface area contributed by atoms with E-state index in [1.807, 2.05) is 12.1 Å². The summed E-state index contributed by atoms with van der Waals surface area (Å²) in [6, 6.07) is 12.0. The predicted octanol–water partition coefficient (Wildman–Crippen LogP) is 1.97. The highest BCUT2D eigenvalue weighted by molar-refractivity contribution is 6.04. The summed E-state index contributed by atoms with van der Waals surface area (Å²) < 4.78 is 0. The summed E-state index contributed by atoms with van der Waals surface area (Å²) in [5.41, 5.74) is 14.0. The lowest BCUT2D eigenvalue weighted by molar-refractivity contribution is 0.0997. The summed E-state index contributed by atoms with van der Waals surface area (Å²) in [6.07, 6.45) is 4.51. The Labute approximate surface area is 176 Å². The van der Waals surface area contributed by atoms with Gasteiger partial charge in [0.1, 0.15) is 5.82 Å². The van der Waals surface area contributed by atoms with Gasteiger partial charge >= 0.3 is 0 Å². The molecule has 2 amide bonds. The molecule has 0 aliphatic heterocycles. The Morgan fingerprint density at radius 2 is 1.65 bits per heavy atom. The molecular weight excluding hydrogens is 396 g/mol. The Balaban J connectivity index is 1.41. The smallest absolute Gasteiger partial charge is 0.256 e. The lowest BCUT2D eigenvalue weighted by atomic mass is 10.1. The maximum atomic E-state index is 12.4. The molecule has 0 radical (unpaired) electrons. The summed E-state index contributed by atoms with van der Waals surface area (Å²) >= 11 is 0. The number of hydrogen-bond acceptors (Lipinski definition) is 8. The Hall–Kier alpha value is -4.60. The van der Waals surface area contributed by atoms with Gasteiger partial charge in [0.05, 0.1) is 17.2 Å². The zero-order chi connectivity index (χ0) is 21.8. The second-order valence-electron chi connectivity index (χ2n) is 6.62. The van der Waals surface area contributed by atoms with Crippen molar-refractivity contribution in [2.45, 2.75) is 6.54 Å². The fourth-order valence-electron chi connectivity index (χ4n) is 2.84. The molecule has 0 aliphatic carbocycles. The number of carbonyl (C=O) groups excluding carboxylic acids is 2. The van der Waals surface area contributed by atoms with Gasteiger partial charge in [0, 0.05) is 30.1 Å². The Morgan fingerprint density at radius 3 is 2.39 bits per heavy atom. The van der Waals surface area contributed by atoms with Gasteiger partial charge < -0.3 is 22.1 Å². The van der Waals surface area contributed by atoms with Crippen molar-refractivity contribution in [3.63, 3.8) is 0 Å². The van der Waals surface area contributed by atoms with Gasteiger partial charge in [-0.2, -0.15) is 0 Å². The highest BCUT2D eigenvalue weighted by Crippen LogP contribution is 2.16. The predicted molar refractivity (Wildman–Crippen MR) is 116 cm³/mol. The molecule has 10 nitrogen and oxygen atoms in total. The van der Waals surface area contributed by atoms with Crippen molar-refractivity contribution in [2.24, 2.45) is 5.73 Å². The molecule has 6 N–H and O–H groups in total. The van der Waals surface area contributed by atoms with Crippen LogP contribution in [-0.4, -0.2) is 31.8 Å². The zero-order valence-electron chi connectivity index (χ0n) is 16.2. The van der Waals surface area contributed by atoms with Crippen LogP contribution < -0.4 is 22.1 Å². The monoisotopic (exact) mass is 414 g/mol. The van der Waals surface area contributed by atoms with Crippen LogP contribution in [-0.2, 0) is 6.54 Å². The van der Waals surface area contributed by atoms with E-state index in [9.17, 15) is 9.59 Å². The number of nitrogens with one attached hydrogen (secondary N) is 2. The Morgan fingerprint density at radius 1 is 0.903 bits per heavy atom. The number of nitrogen functional groups attached to an aromatic ring is 1. The van der Waals surface area contributed by atoms with Gasteiger partial charge in [-0.25, -0.2) is 15.0 Å². The van der Waals surface area contributed by atoms with E-state index in [0.29, 0.717) is 34.5 Å². The summed E-state index contributed by atoms with van der Waals surface area (Å²) in [4.78, 5) is 40.4. The average molecular weight is 414 g/mol. The van der Waals surface area contributed by atoms with Crippen molar-refractivity contribution >= 4 is 40.3 Å². The van der Waals surface area contributed by atoms with Crippen molar-refractivity contribution in [1.29, 1.82) is 0 Å². The van der Waals surface area contributed by atoms with Crippen LogP contribution in [0, 0.1) is 0 Å². The molecule has 0 fully saturated rings. The van der Waals surface area contributed by atoms with Crippen molar-refractivity contribution in [1.82, 2.24) is 19.9 Å². The maximum absolute atomic E-state index is 12.4. The molecule has 154 valence electrons. The molecule has 2 aromatic carbocycles. The number of benzene rings is 2. The molecule has 0 aliphatic rings. The molecule has 4 aromatic rings. The molecule has 4 rings (SSSR count). The minimum atomic E-state index is -0.520. The summed E-state index contributed by atoms with van der Waals surface area (Å²) in [5, 5.41) is 5.80. The van der Waals surface area contributed by atoms with E-state index in [1.165, 1.54) is 12.4 Å². The van der Waals surface area contributed by atoms with Crippen LogP contribution in [0.1, 0.15) is 26.3 Å². The van der Waals surface area contributed by atoms with Crippen LogP contribution >= 0.6 is 0 Å². The lowest BCUT2D eigenvalue weighted by Crippen LogP contribution is -2.15. The highest BCUT2D eigenvalue weighted by Gasteiger charge is 2.10. The van der Waals surface area contributed by atoms with E-state index in [0.717, 1.165) is 5.56 Å². The second-order valence-corrected chi connectivity index (χ2v) is 6.62. The molecule has 2 aromatic heterocycles. The first kappa shape index (κ1) is 19.7. The molecule has 0 saturated carbocycles. The van der Waals surface area contributed by atoms with Gasteiger partial charge in [0.2, 0.25) is 5.91 Å². The summed E-state index contributed by atoms with van der Waals surface area (Å²) in [5.74, 6) is 0.0586. The number of carbonyl (C=O) groups is 2. The Bertz CT molecular complexity index is 1270. The molecule has 0 saturated heterocycles.